The summed E-state index contributed by atoms with van der Waals surface area (Å²) in [5.74, 6) is 1.68. The lowest BCUT2D eigenvalue weighted by molar-refractivity contribution is -0.129. The standard InChI is InChI=1S/C14H19NO2/c1-11-6-7-15(10-11)14(16)9-12-4-3-5-13(8-12)17-2/h3-5,8,11H,6-7,9-10H2,1-2H3. The summed E-state index contributed by atoms with van der Waals surface area (Å²) >= 11 is 0. The molecule has 1 heterocycles. The normalized spacial score (nSPS) is 19.4. The Morgan fingerprint density at radius 2 is 2.35 bits per heavy atom. The highest BCUT2D eigenvalue weighted by Crippen LogP contribution is 2.18. The van der Waals surface area contributed by atoms with Gasteiger partial charge in [-0.3, -0.25) is 4.79 Å². The lowest BCUT2D eigenvalue weighted by Gasteiger charge is -2.16. The van der Waals surface area contributed by atoms with Crippen molar-refractivity contribution < 1.29 is 9.53 Å². The summed E-state index contributed by atoms with van der Waals surface area (Å²) < 4.78 is 5.15. The first-order valence-electron chi connectivity index (χ1n) is 6.09. The van der Waals surface area contributed by atoms with E-state index in [4.69, 9.17) is 4.74 Å². The zero-order valence-corrected chi connectivity index (χ0v) is 10.5. The minimum Gasteiger partial charge on any atom is -0.497 e. The van der Waals surface area contributed by atoms with Gasteiger partial charge in [0.15, 0.2) is 0 Å². The molecule has 1 aliphatic heterocycles. The number of likely N-dealkylation sites (tertiary alicyclic amines) is 1. The summed E-state index contributed by atoms with van der Waals surface area (Å²) in [5.41, 5.74) is 1.02. The van der Waals surface area contributed by atoms with Crippen LogP contribution in [0, 0.1) is 5.92 Å². The molecule has 3 heteroatoms. The molecule has 1 aromatic rings. The minimum absolute atomic E-state index is 0.225. The van der Waals surface area contributed by atoms with Crippen molar-refractivity contribution in [1.29, 1.82) is 0 Å². The van der Waals surface area contributed by atoms with Crippen LogP contribution in [0.25, 0.3) is 0 Å². The molecule has 0 aliphatic carbocycles. The molecule has 0 N–H and O–H groups in total. The van der Waals surface area contributed by atoms with E-state index in [2.05, 4.69) is 6.92 Å². The second kappa shape index (κ2) is 5.21. The Morgan fingerprint density at radius 1 is 1.53 bits per heavy atom. The summed E-state index contributed by atoms with van der Waals surface area (Å²) in [6, 6.07) is 7.72. The van der Waals surface area contributed by atoms with Crippen molar-refractivity contribution >= 4 is 5.91 Å². The molecular weight excluding hydrogens is 214 g/mol. The van der Waals surface area contributed by atoms with E-state index < -0.39 is 0 Å². The molecule has 3 nitrogen and oxygen atoms in total. The van der Waals surface area contributed by atoms with Crippen LogP contribution in [0.1, 0.15) is 18.9 Å². The lowest BCUT2D eigenvalue weighted by atomic mass is 10.1. The van der Waals surface area contributed by atoms with E-state index in [1.54, 1.807) is 7.11 Å². The van der Waals surface area contributed by atoms with Gasteiger partial charge in [-0.15, -0.1) is 0 Å². The number of carbonyl (C=O) groups excluding carboxylic acids is 1. The Balaban J connectivity index is 1.98. The van der Waals surface area contributed by atoms with Crippen LogP contribution in [0.5, 0.6) is 5.75 Å². The maximum atomic E-state index is 12.0. The second-order valence-electron chi connectivity index (χ2n) is 4.76. The highest BCUT2D eigenvalue weighted by Gasteiger charge is 2.22. The van der Waals surface area contributed by atoms with E-state index in [0.717, 1.165) is 30.8 Å². The summed E-state index contributed by atoms with van der Waals surface area (Å²) in [4.78, 5) is 14.0. The van der Waals surface area contributed by atoms with Crippen LogP contribution in [0.3, 0.4) is 0 Å². The highest BCUT2D eigenvalue weighted by atomic mass is 16.5. The fourth-order valence-corrected chi connectivity index (χ4v) is 2.23. The van der Waals surface area contributed by atoms with Crippen molar-refractivity contribution in [3.8, 4) is 5.75 Å². The number of benzene rings is 1. The van der Waals surface area contributed by atoms with E-state index >= 15 is 0 Å². The quantitative estimate of drug-likeness (QED) is 0.800. The molecule has 1 atom stereocenters. The monoisotopic (exact) mass is 233 g/mol. The molecule has 92 valence electrons. The van der Waals surface area contributed by atoms with Gasteiger partial charge in [0.1, 0.15) is 5.75 Å². The molecule has 1 unspecified atom stereocenters. The molecule has 1 aromatic carbocycles. The van der Waals surface area contributed by atoms with Crippen LogP contribution in [0.15, 0.2) is 24.3 Å². The van der Waals surface area contributed by atoms with Gasteiger partial charge in [-0.05, 0) is 30.0 Å². The Morgan fingerprint density at radius 3 is 3.00 bits per heavy atom. The average Bonchev–Trinajstić information content (AvgIpc) is 2.76. The summed E-state index contributed by atoms with van der Waals surface area (Å²) in [7, 11) is 1.64. The molecule has 0 aromatic heterocycles. The van der Waals surface area contributed by atoms with E-state index in [9.17, 15) is 4.79 Å². The molecular formula is C14H19NO2. The van der Waals surface area contributed by atoms with Gasteiger partial charge >= 0.3 is 0 Å². The number of nitrogens with zero attached hydrogens (tertiary/aromatic N) is 1. The number of ether oxygens (including phenoxy) is 1. The van der Waals surface area contributed by atoms with Crippen molar-refractivity contribution in [2.75, 3.05) is 20.2 Å². The fraction of sp³-hybridized carbons (Fsp3) is 0.500. The van der Waals surface area contributed by atoms with Gasteiger partial charge in [0.25, 0.3) is 0 Å². The van der Waals surface area contributed by atoms with Gasteiger partial charge in [0.2, 0.25) is 5.91 Å². The third-order valence-corrected chi connectivity index (χ3v) is 3.27. The van der Waals surface area contributed by atoms with Crippen molar-refractivity contribution in [2.45, 2.75) is 19.8 Å². The van der Waals surface area contributed by atoms with Crippen LogP contribution in [0.4, 0.5) is 0 Å². The Bertz CT molecular complexity index is 403. The maximum Gasteiger partial charge on any atom is 0.227 e. The summed E-state index contributed by atoms with van der Waals surface area (Å²) in [6.07, 6.45) is 1.60. The number of rotatable bonds is 3. The van der Waals surface area contributed by atoms with Gasteiger partial charge in [0.05, 0.1) is 13.5 Å². The third kappa shape index (κ3) is 2.99. The van der Waals surface area contributed by atoms with Crippen LogP contribution < -0.4 is 4.74 Å². The third-order valence-electron chi connectivity index (χ3n) is 3.27. The lowest BCUT2D eigenvalue weighted by Crippen LogP contribution is -2.29. The Hall–Kier alpha value is -1.51. The predicted molar refractivity (Wildman–Crippen MR) is 67.1 cm³/mol. The molecule has 0 radical (unpaired) electrons. The highest BCUT2D eigenvalue weighted by molar-refractivity contribution is 5.79. The van der Waals surface area contributed by atoms with Crippen LogP contribution >= 0.6 is 0 Å². The van der Waals surface area contributed by atoms with Crippen molar-refractivity contribution in [1.82, 2.24) is 4.90 Å². The zero-order chi connectivity index (χ0) is 12.3. The molecule has 0 saturated carbocycles. The number of amides is 1. The molecule has 17 heavy (non-hydrogen) atoms. The first-order valence-corrected chi connectivity index (χ1v) is 6.09. The molecule has 1 fully saturated rings. The van der Waals surface area contributed by atoms with E-state index in [1.807, 2.05) is 29.2 Å². The van der Waals surface area contributed by atoms with Gasteiger partial charge in [-0.1, -0.05) is 19.1 Å². The summed E-state index contributed by atoms with van der Waals surface area (Å²) in [6.45, 7) is 4.01. The predicted octanol–water partition coefficient (Wildman–Crippen LogP) is 2.11. The molecule has 2 rings (SSSR count). The number of methoxy groups -OCH3 is 1. The smallest absolute Gasteiger partial charge is 0.227 e. The SMILES string of the molecule is COc1cccc(CC(=O)N2CCC(C)C2)c1. The van der Waals surface area contributed by atoms with Gasteiger partial charge < -0.3 is 9.64 Å². The average molecular weight is 233 g/mol. The minimum atomic E-state index is 0.225. The molecule has 1 amide bonds. The molecule has 0 spiro atoms. The van der Waals surface area contributed by atoms with E-state index in [-0.39, 0.29) is 5.91 Å². The van der Waals surface area contributed by atoms with Crippen molar-refractivity contribution in [3.63, 3.8) is 0 Å². The van der Waals surface area contributed by atoms with Gasteiger partial charge in [-0.2, -0.15) is 0 Å². The first-order chi connectivity index (χ1) is 8.19. The summed E-state index contributed by atoms with van der Waals surface area (Å²) in [5, 5.41) is 0. The van der Waals surface area contributed by atoms with E-state index in [0.29, 0.717) is 12.3 Å². The van der Waals surface area contributed by atoms with Crippen molar-refractivity contribution in [3.05, 3.63) is 29.8 Å². The fourth-order valence-electron chi connectivity index (χ4n) is 2.23. The molecule has 0 bridgehead atoms. The topological polar surface area (TPSA) is 29.5 Å². The molecule has 1 saturated heterocycles. The van der Waals surface area contributed by atoms with E-state index in [1.165, 1.54) is 0 Å². The molecule has 1 aliphatic rings. The zero-order valence-electron chi connectivity index (χ0n) is 10.5. The van der Waals surface area contributed by atoms with Crippen LogP contribution in [-0.4, -0.2) is 31.0 Å². The van der Waals surface area contributed by atoms with Crippen LogP contribution in [-0.2, 0) is 11.2 Å². The second-order valence-corrected chi connectivity index (χ2v) is 4.76. The Labute approximate surface area is 102 Å². The Kier molecular flexibility index (Phi) is 3.67. The number of hydrogen-bond donors (Lipinski definition) is 0. The first kappa shape index (κ1) is 12.0. The number of hydrogen-bond acceptors (Lipinski definition) is 2. The maximum absolute atomic E-state index is 12.0. The van der Waals surface area contributed by atoms with Crippen LogP contribution in [0.2, 0.25) is 0 Å². The largest absolute Gasteiger partial charge is 0.497 e. The van der Waals surface area contributed by atoms with Gasteiger partial charge in [-0.25, -0.2) is 0 Å². The van der Waals surface area contributed by atoms with Gasteiger partial charge in [0, 0.05) is 13.1 Å². The van der Waals surface area contributed by atoms with Crippen molar-refractivity contribution in [2.24, 2.45) is 5.92 Å². The number of carbonyl (C=O) groups is 1.